The second kappa shape index (κ2) is 5.18. The molecule has 1 N–H and O–H groups in total. The van der Waals surface area contributed by atoms with E-state index < -0.39 is 0 Å². The van der Waals surface area contributed by atoms with E-state index in [1.807, 2.05) is 4.90 Å². The van der Waals surface area contributed by atoms with E-state index >= 15 is 0 Å². The van der Waals surface area contributed by atoms with Crippen molar-refractivity contribution < 1.29 is 14.6 Å². The normalized spacial score (nSPS) is 20.2. The van der Waals surface area contributed by atoms with Crippen LogP contribution in [0.1, 0.15) is 12.8 Å². The first-order chi connectivity index (χ1) is 8.22. The molecule has 94 valence electrons. The molecule has 1 fully saturated rings. The monoisotopic (exact) mass is 239 g/mol. The van der Waals surface area contributed by atoms with Gasteiger partial charge in [-0.3, -0.25) is 0 Å². The van der Waals surface area contributed by atoms with Gasteiger partial charge in [-0.1, -0.05) is 0 Å². The molecule has 1 saturated heterocycles. The van der Waals surface area contributed by atoms with Gasteiger partial charge in [-0.05, 0) is 12.8 Å². The Labute approximate surface area is 100 Å². The molecule has 0 radical (unpaired) electrons. The average molecular weight is 239 g/mol. The predicted molar refractivity (Wildman–Crippen MR) is 62.6 cm³/mol. The van der Waals surface area contributed by atoms with Crippen molar-refractivity contribution in [3.05, 3.63) is 6.07 Å². The van der Waals surface area contributed by atoms with Crippen molar-refractivity contribution in [3.63, 3.8) is 0 Å². The third-order valence-corrected chi connectivity index (χ3v) is 2.76. The highest BCUT2D eigenvalue weighted by atomic mass is 16.5. The zero-order valence-electron chi connectivity index (χ0n) is 10.1. The van der Waals surface area contributed by atoms with Crippen molar-refractivity contribution >= 4 is 5.95 Å². The van der Waals surface area contributed by atoms with Crippen molar-refractivity contribution in [2.24, 2.45) is 0 Å². The Kier molecular flexibility index (Phi) is 3.63. The molecule has 0 aliphatic carbocycles. The Morgan fingerprint density at radius 2 is 1.94 bits per heavy atom. The number of aromatic nitrogens is 2. The molecule has 6 nitrogen and oxygen atoms in total. The van der Waals surface area contributed by atoms with Crippen LogP contribution in [0.2, 0.25) is 0 Å². The van der Waals surface area contributed by atoms with E-state index in [0.29, 0.717) is 24.3 Å². The van der Waals surface area contributed by atoms with E-state index in [0.717, 1.165) is 19.4 Å². The smallest absolute Gasteiger partial charge is 0.232 e. The van der Waals surface area contributed by atoms with Crippen LogP contribution in [-0.2, 0) is 0 Å². The highest BCUT2D eigenvalue weighted by molar-refractivity contribution is 5.37. The summed E-state index contributed by atoms with van der Waals surface area (Å²) in [6.45, 7) is 1.39. The van der Waals surface area contributed by atoms with Gasteiger partial charge in [0.15, 0.2) is 0 Å². The van der Waals surface area contributed by atoms with Gasteiger partial charge in [-0.25, -0.2) is 0 Å². The van der Waals surface area contributed by atoms with Gasteiger partial charge in [0.2, 0.25) is 17.7 Å². The van der Waals surface area contributed by atoms with Crippen molar-refractivity contribution in [3.8, 4) is 11.8 Å². The second-order valence-corrected chi connectivity index (χ2v) is 3.99. The van der Waals surface area contributed by atoms with Gasteiger partial charge in [0.1, 0.15) is 0 Å². The van der Waals surface area contributed by atoms with Crippen molar-refractivity contribution in [2.75, 3.05) is 32.2 Å². The van der Waals surface area contributed by atoms with Crippen LogP contribution < -0.4 is 14.4 Å². The second-order valence-electron chi connectivity index (χ2n) is 3.99. The molecule has 0 amide bonds. The summed E-state index contributed by atoms with van der Waals surface area (Å²) in [7, 11) is 3.10. The lowest BCUT2D eigenvalue weighted by Gasteiger charge is -2.30. The van der Waals surface area contributed by atoms with E-state index in [1.54, 1.807) is 20.3 Å². The maximum absolute atomic E-state index is 9.63. The molecule has 1 atom stereocenters. The Hall–Kier alpha value is -1.56. The minimum atomic E-state index is -0.315. The maximum Gasteiger partial charge on any atom is 0.232 e. The molecule has 2 heterocycles. The first-order valence-corrected chi connectivity index (χ1v) is 5.63. The molecule has 1 aliphatic rings. The lowest BCUT2D eigenvalue weighted by atomic mass is 10.1. The summed E-state index contributed by atoms with van der Waals surface area (Å²) in [5.74, 6) is 1.47. The number of β-amino-alcohol motifs (C(OH)–C–C–N with tert-alkyl or cyclic N) is 1. The fourth-order valence-corrected chi connectivity index (χ4v) is 1.88. The summed E-state index contributed by atoms with van der Waals surface area (Å²) in [4.78, 5) is 10.5. The number of hydrogen-bond donors (Lipinski definition) is 1. The van der Waals surface area contributed by atoms with Gasteiger partial charge >= 0.3 is 0 Å². The van der Waals surface area contributed by atoms with Crippen LogP contribution in [0.5, 0.6) is 11.8 Å². The Morgan fingerprint density at radius 1 is 1.29 bits per heavy atom. The van der Waals surface area contributed by atoms with Gasteiger partial charge in [0, 0.05) is 13.1 Å². The van der Waals surface area contributed by atoms with Crippen LogP contribution in [0, 0.1) is 0 Å². The van der Waals surface area contributed by atoms with Crippen LogP contribution in [0.4, 0.5) is 5.95 Å². The quantitative estimate of drug-likeness (QED) is 0.826. The van der Waals surface area contributed by atoms with Crippen LogP contribution in [0.3, 0.4) is 0 Å². The fourth-order valence-electron chi connectivity index (χ4n) is 1.88. The van der Waals surface area contributed by atoms with Crippen LogP contribution in [0.15, 0.2) is 6.07 Å². The predicted octanol–water partition coefficient (Wildman–Crippen LogP) is 0.455. The number of nitrogens with zero attached hydrogens (tertiary/aromatic N) is 3. The average Bonchev–Trinajstić information content (AvgIpc) is 2.38. The number of methoxy groups -OCH3 is 2. The van der Waals surface area contributed by atoms with Gasteiger partial charge in [0.25, 0.3) is 0 Å². The third-order valence-electron chi connectivity index (χ3n) is 2.76. The highest BCUT2D eigenvalue weighted by Crippen LogP contribution is 2.22. The highest BCUT2D eigenvalue weighted by Gasteiger charge is 2.21. The number of ether oxygens (including phenoxy) is 2. The largest absolute Gasteiger partial charge is 0.481 e. The van der Waals surface area contributed by atoms with E-state index in [9.17, 15) is 5.11 Å². The van der Waals surface area contributed by atoms with E-state index in [4.69, 9.17) is 9.47 Å². The van der Waals surface area contributed by atoms with Gasteiger partial charge in [0.05, 0.1) is 26.4 Å². The molecule has 1 unspecified atom stereocenters. The number of hydrogen-bond acceptors (Lipinski definition) is 6. The van der Waals surface area contributed by atoms with Gasteiger partial charge in [-0.2, -0.15) is 9.97 Å². The summed E-state index contributed by atoms with van der Waals surface area (Å²) in [5.41, 5.74) is 0. The van der Waals surface area contributed by atoms with Crippen LogP contribution >= 0.6 is 0 Å². The summed E-state index contributed by atoms with van der Waals surface area (Å²) in [5, 5.41) is 9.63. The van der Waals surface area contributed by atoms with Crippen LogP contribution in [-0.4, -0.2) is 48.5 Å². The molecule has 1 aliphatic heterocycles. The maximum atomic E-state index is 9.63. The lowest BCUT2D eigenvalue weighted by molar-refractivity contribution is 0.153. The topological polar surface area (TPSA) is 67.7 Å². The zero-order chi connectivity index (χ0) is 12.3. The molecule has 2 rings (SSSR count). The van der Waals surface area contributed by atoms with Crippen molar-refractivity contribution in [2.45, 2.75) is 18.9 Å². The SMILES string of the molecule is COc1cc(OC)nc(N2CCCC(O)C2)n1. The molecule has 17 heavy (non-hydrogen) atoms. The van der Waals surface area contributed by atoms with E-state index in [1.165, 1.54) is 0 Å². The van der Waals surface area contributed by atoms with Crippen LogP contribution in [0.25, 0.3) is 0 Å². The van der Waals surface area contributed by atoms with Gasteiger partial charge < -0.3 is 19.5 Å². The Morgan fingerprint density at radius 3 is 2.47 bits per heavy atom. The minimum Gasteiger partial charge on any atom is -0.481 e. The lowest BCUT2D eigenvalue weighted by Crippen LogP contribution is -2.39. The Balaban J connectivity index is 2.23. The molecule has 0 bridgehead atoms. The molecule has 0 spiro atoms. The Bertz CT molecular complexity index is 364. The molecular formula is C11H17N3O3. The number of rotatable bonds is 3. The standard InChI is InChI=1S/C11H17N3O3/c1-16-9-6-10(17-2)13-11(12-9)14-5-3-4-8(15)7-14/h6,8,15H,3-5,7H2,1-2H3. The van der Waals surface area contributed by atoms with Crippen molar-refractivity contribution in [1.82, 2.24) is 9.97 Å². The summed E-state index contributed by atoms with van der Waals surface area (Å²) in [6, 6.07) is 1.63. The summed E-state index contributed by atoms with van der Waals surface area (Å²) < 4.78 is 10.2. The number of aliphatic hydroxyl groups excluding tert-OH is 1. The number of piperidine rings is 1. The first-order valence-electron chi connectivity index (χ1n) is 5.63. The summed E-state index contributed by atoms with van der Waals surface area (Å²) >= 11 is 0. The molecule has 6 heteroatoms. The molecule has 1 aromatic rings. The minimum absolute atomic E-state index is 0.315. The molecule has 1 aromatic heterocycles. The van der Waals surface area contributed by atoms with Gasteiger partial charge in [-0.15, -0.1) is 0 Å². The molecule has 0 saturated carbocycles. The number of anilines is 1. The fraction of sp³-hybridized carbons (Fsp3) is 0.636. The van der Waals surface area contributed by atoms with E-state index in [-0.39, 0.29) is 6.10 Å². The number of aliphatic hydroxyl groups is 1. The third kappa shape index (κ3) is 2.76. The van der Waals surface area contributed by atoms with E-state index in [2.05, 4.69) is 9.97 Å². The van der Waals surface area contributed by atoms with Crippen molar-refractivity contribution in [1.29, 1.82) is 0 Å². The molecule has 0 aromatic carbocycles. The summed E-state index contributed by atoms with van der Waals surface area (Å²) in [6.07, 6.45) is 1.45. The molecular weight excluding hydrogens is 222 g/mol. The zero-order valence-corrected chi connectivity index (χ0v) is 10.1. The first kappa shape index (κ1) is 11.9.